The molecule has 0 saturated carbocycles. The minimum Gasteiger partial charge on any atom is -0.254 e. The van der Waals surface area contributed by atoms with Crippen LogP contribution in [-0.4, -0.2) is 19.9 Å². The van der Waals surface area contributed by atoms with Crippen molar-refractivity contribution in [3.63, 3.8) is 0 Å². The lowest BCUT2D eigenvalue weighted by molar-refractivity contribution is 1.33. The van der Waals surface area contributed by atoms with Crippen molar-refractivity contribution < 1.29 is 0 Å². The van der Waals surface area contributed by atoms with Crippen LogP contribution in [0, 0.1) is 13.8 Å². The molecular formula is C26H20N4. The molecule has 4 nitrogen and oxygen atoms in total. The first-order valence-corrected chi connectivity index (χ1v) is 9.91. The van der Waals surface area contributed by atoms with Crippen LogP contribution in [0.2, 0.25) is 0 Å². The van der Waals surface area contributed by atoms with E-state index in [1.54, 1.807) is 12.4 Å². The molecule has 2 aromatic carbocycles. The van der Waals surface area contributed by atoms with Gasteiger partial charge in [-0.25, -0.2) is 0 Å². The molecule has 0 aliphatic rings. The monoisotopic (exact) mass is 388 g/mol. The number of benzene rings is 2. The molecule has 4 aromatic heterocycles. The molecule has 4 heteroatoms. The van der Waals surface area contributed by atoms with E-state index >= 15 is 0 Å². The topological polar surface area (TPSA) is 51.6 Å². The van der Waals surface area contributed by atoms with Crippen LogP contribution in [0.4, 0.5) is 0 Å². The number of aryl methyl sites for hydroxylation is 2. The van der Waals surface area contributed by atoms with Crippen LogP contribution in [0.1, 0.15) is 11.1 Å². The van der Waals surface area contributed by atoms with Crippen LogP contribution in [0.25, 0.3) is 43.6 Å². The molecule has 0 radical (unpaired) electrons. The molecule has 0 N–H and O–H groups in total. The van der Waals surface area contributed by atoms with Gasteiger partial charge in [-0.1, -0.05) is 36.4 Å². The van der Waals surface area contributed by atoms with Crippen molar-refractivity contribution in [3.05, 3.63) is 96.6 Å². The standard InChI is InChI=1S/C14H12N2.C12H8N2/c1-9-10(2)12-6-4-8-16-14(12)13-11(9)5-3-7-15-13;1-3-9-5-6-10-4-2-8-14-12(10)11(9)13-7-1/h3-8H,1-2H3;1-8H. The Morgan fingerprint density at radius 2 is 0.800 bits per heavy atom. The first kappa shape index (κ1) is 18.1. The highest BCUT2D eigenvalue weighted by Gasteiger charge is 2.09. The van der Waals surface area contributed by atoms with Crippen LogP contribution in [-0.2, 0) is 0 Å². The summed E-state index contributed by atoms with van der Waals surface area (Å²) in [5.74, 6) is 0. The third-order valence-electron chi connectivity index (χ3n) is 5.55. The predicted octanol–water partition coefficient (Wildman–Crippen LogP) is 6.18. The molecule has 144 valence electrons. The number of aromatic nitrogens is 4. The highest BCUT2D eigenvalue weighted by Crippen LogP contribution is 2.28. The third-order valence-corrected chi connectivity index (χ3v) is 5.55. The Balaban J connectivity index is 0.000000130. The van der Waals surface area contributed by atoms with Gasteiger partial charge in [0.1, 0.15) is 0 Å². The van der Waals surface area contributed by atoms with Crippen LogP contribution in [0.5, 0.6) is 0 Å². The first-order valence-electron chi connectivity index (χ1n) is 9.91. The van der Waals surface area contributed by atoms with Gasteiger partial charge in [0.15, 0.2) is 0 Å². The second-order valence-electron chi connectivity index (χ2n) is 7.26. The summed E-state index contributed by atoms with van der Waals surface area (Å²) >= 11 is 0. The molecule has 6 rings (SSSR count). The fraction of sp³-hybridized carbons (Fsp3) is 0.0769. The second-order valence-corrected chi connectivity index (χ2v) is 7.26. The lowest BCUT2D eigenvalue weighted by atomic mass is 9.99. The van der Waals surface area contributed by atoms with Gasteiger partial charge in [0, 0.05) is 46.3 Å². The molecule has 0 fully saturated rings. The number of pyridine rings is 4. The zero-order chi connectivity index (χ0) is 20.5. The maximum absolute atomic E-state index is 4.45. The van der Waals surface area contributed by atoms with E-state index in [9.17, 15) is 0 Å². The van der Waals surface area contributed by atoms with E-state index in [4.69, 9.17) is 0 Å². The normalized spacial score (nSPS) is 11.0. The van der Waals surface area contributed by atoms with Gasteiger partial charge in [-0.05, 0) is 49.2 Å². The van der Waals surface area contributed by atoms with Gasteiger partial charge in [0.05, 0.1) is 22.1 Å². The Kier molecular flexibility index (Phi) is 4.52. The average Bonchev–Trinajstić information content (AvgIpc) is 2.83. The minimum absolute atomic E-state index is 0.977. The van der Waals surface area contributed by atoms with Gasteiger partial charge in [0.25, 0.3) is 0 Å². The lowest BCUT2D eigenvalue weighted by Gasteiger charge is -2.09. The molecule has 30 heavy (non-hydrogen) atoms. The Hall–Kier alpha value is -3.92. The van der Waals surface area contributed by atoms with E-state index in [1.807, 2.05) is 36.7 Å². The Morgan fingerprint density at radius 3 is 1.23 bits per heavy atom. The van der Waals surface area contributed by atoms with Crippen LogP contribution in [0.3, 0.4) is 0 Å². The van der Waals surface area contributed by atoms with Crippen LogP contribution in [0.15, 0.2) is 85.5 Å². The van der Waals surface area contributed by atoms with Gasteiger partial charge in [-0.15, -0.1) is 0 Å². The molecule has 0 aliphatic carbocycles. The molecule has 0 spiro atoms. The minimum atomic E-state index is 0.977. The van der Waals surface area contributed by atoms with Crippen LogP contribution >= 0.6 is 0 Å². The Morgan fingerprint density at radius 1 is 0.433 bits per heavy atom. The number of nitrogens with zero attached hydrogens (tertiary/aromatic N) is 4. The maximum Gasteiger partial charge on any atom is 0.0967 e. The summed E-state index contributed by atoms with van der Waals surface area (Å²) in [5.41, 5.74) is 6.55. The highest BCUT2D eigenvalue weighted by molar-refractivity contribution is 6.06. The summed E-state index contributed by atoms with van der Waals surface area (Å²) in [6.07, 6.45) is 7.25. The van der Waals surface area contributed by atoms with Crippen LogP contribution < -0.4 is 0 Å². The molecule has 0 bridgehead atoms. The van der Waals surface area contributed by atoms with Crippen molar-refractivity contribution in [2.45, 2.75) is 13.8 Å². The van der Waals surface area contributed by atoms with Gasteiger partial charge in [-0.2, -0.15) is 0 Å². The number of hydrogen-bond donors (Lipinski definition) is 0. The summed E-state index contributed by atoms with van der Waals surface area (Å²) in [7, 11) is 0. The van der Waals surface area contributed by atoms with E-state index in [2.05, 4.69) is 70.2 Å². The van der Waals surface area contributed by atoms with Crippen molar-refractivity contribution >= 4 is 43.6 Å². The quantitative estimate of drug-likeness (QED) is 0.291. The molecule has 0 unspecified atom stereocenters. The number of fused-ring (bicyclic) bond motifs is 6. The number of hydrogen-bond acceptors (Lipinski definition) is 4. The molecule has 6 aromatic rings. The Bertz CT molecular complexity index is 1410. The van der Waals surface area contributed by atoms with Crippen molar-refractivity contribution in [1.29, 1.82) is 0 Å². The fourth-order valence-electron chi connectivity index (χ4n) is 3.88. The van der Waals surface area contributed by atoms with Gasteiger partial charge < -0.3 is 0 Å². The lowest BCUT2D eigenvalue weighted by Crippen LogP contribution is -1.91. The Labute approximate surface area is 174 Å². The summed E-state index contributed by atoms with van der Waals surface area (Å²) in [5, 5.41) is 4.68. The molecule has 0 aliphatic heterocycles. The van der Waals surface area contributed by atoms with Gasteiger partial charge in [-0.3, -0.25) is 19.9 Å². The molecule has 0 atom stereocenters. The maximum atomic E-state index is 4.45. The van der Waals surface area contributed by atoms with Crippen molar-refractivity contribution in [3.8, 4) is 0 Å². The molecule has 4 heterocycles. The van der Waals surface area contributed by atoms with Crippen molar-refractivity contribution in [2.24, 2.45) is 0 Å². The fourth-order valence-corrected chi connectivity index (χ4v) is 3.88. The highest BCUT2D eigenvalue weighted by atomic mass is 14.7. The zero-order valence-electron chi connectivity index (χ0n) is 16.9. The number of rotatable bonds is 0. The predicted molar refractivity (Wildman–Crippen MR) is 124 cm³/mol. The molecule has 0 saturated heterocycles. The van der Waals surface area contributed by atoms with E-state index in [1.165, 1.54) is 21.9 Å². The summed E-state index contributed by atoms with van der Waals surface area (Å²) in [6, 6.07) is 20.3. The first-order chi connectivity index (χ1) is 14.7. The average molecular weight is 388 g/mol. The van der Waals surface area contributed by atoms with E-state index in [0.717, 1.165) is 32.8 Å². The second kappa shape index (κ2) is 7.48. The smallest absolute Gasteiger partial charge is 0.0967 e. The largest absolute Gasteiger partial charge is 0.254 e. The van der Waals surface area contributed by atoms with E-state index < -0.39 is 0 Å². The van der Waals surface area contributed by atoms with Crippen molar-refractivity contribution in [2.75, 3.05) is 0 Å². The third kappa shape index (κ3) is 3.03. The molecular weight excluding hydrogens is 368 g/mol. The SMILES string of the molecule is Cc1c(C)c2cccnc2c2ncccc12.c1cnc2c(c1)ccc1cccnc12. The summed E-state index contributed by atoms with van der Waals surface area (Å²) < 4.78 is 0. The molecule has 0 amide bonds. The van der Waals surface area contributed by atoms with E-state index in [0.29, 0.717) is 0 Å². The van der Waals surface area contributed by atoms with Gasteiger partial charge in [0.2, 0.25) is 0 Å². The summed E-state index contributed by atoms with van der Waals surface area (Å²) in [4.78, 5) is 17.6. The van der Waals surface area contributed by atoms with E-state index in [-0.39, 0.29) is 0 Å². The van der Waals surface area contributed by atoms with Gasteiger partial charge >= 0.3 is 0 Å². The van der Waals surface area contributed by atoms with Crippen molar-refractivity contribution in [1.82, 2.24) is 19.9 Å². The summed E-state index contributed by atoms with van der Waals surface area (Å²) in [6.45, 7) is 4.29. The zero-order valence-corrected chi connectivity index (χ0v) is 16.9.